The highest BCUT2D eigenvalue weighted by atomic mass is 19.1. The molecule has 18 heavy (non-hydrogen) atoms. The smallest absolute Gasteiger partial charge is 0.319 e. The summed E-state index contributed by atoms with van der Waals surface area (Å²) in [4.78, 5) is 11.6. The van der Waals surface area contributed by atoms with Crippen molar-refractivity contribution in [3.05, 3.63) is 24.0 Å². The Labute approximate surface area is 104 Å². The van der Waals surface area contributed by atoms with E-state index in [4.69, 9.17) is 9.47 Å². The van der Waals surface area contributed by atoms with Crippen LogP contribution in [0.3, 0.4) is 0 Å². The molecule has 1 aliphatic rings. The summed E-state index contributed by atoms with van der Waals surface area (Å²) in [6.07, 6.45) is 0.806. The van der Waals surface area contributed by atoms with Crippen molar-refractivity contribution in [3.8, 4) is 5.75 Å². The molecule has 1 saturated heterocycles. The van der Waals surface area contributed by atoms with Gasteiger partial charge in [0.25, 0.3) is 0 Å². The molecule has 1 atom stereocenters. The van der Waals surface area contributed by atoms with Crippen LogP contribution in [0.15, 0.2) is 18.2 Å². The number of carbonyl (C=O) groups is 1. The number of urea groups is 1. The van der Waals surface area contributed by atoms with Gasteiger partial charge in [-0.2, -0.15) is 0 Å². The van der Waals surface area contributed by atoms with E-state index in [1.165, 1.54) is 25.3 Å². The average molecular weight is 254 g/mol. The van der Waals surface area contributed by atoms with Gasteiger partial charge in [-0.25, -0.2) is 9.18 Å². The van der Waals surface area contributed by atoms with Gasteiger partial charge in [0, 0.05) is 18.4 Å². The summed E-state index contributed by atoms with van der Waals surface area (Å²) in [5.74, 6) is -0.371. The highest BCUT2D eigenvalue weighted by Crippen LogP contribution is 2.21. The van der Waals surface area contributed by atoms with Crippen molar-refractivity contribution in [2.24, 2.45) is 0 Å². The van der Waals surface area contributed by atoms with Gasteiger partial charge in [-0.1, -0.05) is 0 Å². The number of benzene rings is 1. The number of hydrogen-bond acceptors (Lipinski definition) is 3. The zero-order chi connectivity index (χ0) is 13.0. The third-order valence-electron chi connectivity index (χ3n) is 2.67. The number of rotatable bonds is 3. The van der Waals surface area contributed by atoms with Crippen molar-refractivity contribution >= 4 is 11.7 Å². The van der Waals surface area contributed by atoms with E-state index in [0.717, 1.165) is 6.42 Å². The van der Waals surface area contributed by atoms with E-state index in [1.54, 1.807) is 0 Å². The third kappa shape index (κ3) is 3.10. The lowest BCUT2D eigenvalue weighted by atomic mass is 10.2. The number of halogens is 1. The van der Waals surface area contributed by atoms with Gasteiger partial charge in [-0.3, -0.25) is 0 Å². The van der Waals surface area contributed by atoms with Crippen LogP contribution in [0, 0.1) is 5.82 Å². The van der Waals surface area contributed by atoms with E-state index >= 15 is 0 Å². The fraction of sp³-hybridized carbons (Fsp3) is 0.417. The Balaban J connectivity index is 1.93. The van der Waals surface area contributed by atoms with Crippen molar-refractivity contribution in [2.45, 2.75) is 12.5 Å². The lowest BCUT2D eigenvalue weighted by Gasteiger charge is -2.12. The zero-order valence-corrected chi connectivity index (χ0v) is 10.0. The Hall–Kier alpha value is -1.82. The van der Waals surface area contributed by atoms with E-state index in [2.05, 4.69) is 10.6 Å². The molecule has 2 amide bonds. The molecule has 6 heteroatoms. The first-order chi connectivity index (χ1) is 8.69. The number of methoxy groups -OCH3 is 1. The van der Waals surface area contributed by atoms with Crippen molar-refractivity contribution in [1.29, 1.82) is 0 Å². The Kier molecular flexibility index (Phi) is 3.99. The summed E-state index contributed by atoms with van der Waals surface area (Å²) in [6.45, 7) is 1.19. The molecule has 5 nitrogen and oxygen atoms in total. The normalized spacial score (nSPS) is 18.4. The fourth-order valence-electron chi connectivity index (χ4n) is 1.74. The maximum Gasteiger partial charge on any atom is 0.319 e. The minimum absolute atomic E-state index is 0.0346. The van der Waals surface area contributed by atoms with E-state index in [-0.39, 0.29) is 17.8 Å². The molecule has 1 unspecified atom stereocenters. The number of nitrogens with one attached hydrogen (secondary N) is 2. The SMILES string of the molecule is COc1cc(NC(=O)NC2CCOC2)ccc1F. The molecule has 2 N–H and O–H groups in total. The quantitative estimate of drug-likeness (QED) is 0.863. The van der Waals surface area contributed by atoms with Gasteiger partial charge in [0.2, 0.25) is 0 Å². The first kappa shape index (κ1) is 12.6. The predicted octanol–water partition coefficient (Wildman–Crippen LogP) is 1.74. The molecule has 98 valence electrons. The van der Waals surface area contributed by atoms with Crippen molar-refractivity contribution in [1.82, 2.24) is 5.32 Å². The molecule has 0 aromatic heterocycles. The minimum atomic E-state index is -0.465. The van der Waals surface area contributed by atoms with Gasteiger partial charge in [0.05, 0.1) is 19.8 Å². The molecule has 1 heterocycles. The minimum Gasteiger partial charge on any atom is -0.494 e. The molecule has 0 aliphatic carbocycles. The molecule has 2 rings (SSSR count). The Morgan fingerprint density at radius 1 is 1.56 bits per heavy atom. The second-order valence-electron chi connectivity index (χ2n) is 4.01. The molecule has 0 saturated carbocycles. The maximum atomic E-state index is 13.2. The molecule has 0 radical (unpaired) electrons. The van der Waals surface area contributed by atoms with Crippen LogP contribution < -0.4 is 15.4 Å². The van der Waals surface area contributed by atoms with Gasteiger partial charge < -0.3 is 20.1 Å². The van der Waals surface area contributed by atoms with Crippen molar-refractivity contribution in [2.75, 3.05) is 25.6 Å². The summed E-state index contributed by atoms with van der Waals surface area (Å²) in [6, 6.07) is 3.85. The van der Waals surface area contributed by atoms with Crippen molar-refractivity contribution in [3.63, 3.8) is 0 Å². The summed E-state index contributed by atoms with van der Waals surface area (Å²) >= 11 is 0. The van der Waals surface area contributed by atoms with E-state index in [0.29, 0.717) is 18.9 Å². The van der Waals surface area contributed by atoms with Crippen LogP contribution in [0.1, 0.15) is 6.42 Å². The molecular formula is C12H15FN2O3. The van der Waals surface area contributed by atoms with E-state index < -0.39 is 5.82 Å². The molecule has 1 aliphatic heterocycles. The number of carbonyl (C=O) groups excluding carboxylic acids is 1. The predicted molar refractivity (Wildman–Crippen MR) is 64.3 cm³/mol. The van der Waals surface area contributed by atoms with E-state index in [9.17, 15) is 9.18 Å². The standard InChI is InChI=1S/C12H15FN2O3/c1-17-11-6-8(2-3-10(11)13)14-12(16)15-9-4-5-18-7-9/h2-3,6,9H,4-5,7H2,1H3,(H2,14,15,16). The lowest BCUT2D eigenvalue weighted by Crippen LogP contribution is -2.38. The van der Waals surface area contributed by atoms with Gasteiger partial charge in [0.1, 0.15) is 0 Å². The zero-order valence-electron chi connectivity index (χ0n) is 10.0. The van der Waals surface area contributed by atoms with Crippen LogP contribution in [-0.4, -0.2) is 32.4 Å². The number of anilines is 1. The second kappa shape index (κ2) is 5.68. The summed E-state index contributed by atoms with van der Waals surface area (Å²) < 4.78 is 23.1. The molecule has 1 fully saturated rings. The molecule has 0 bridgehead atoms. The van der Waals surface area contributed by atoms with Crippen molar-refractivity contribution < 1.29 is 18.7 Å². The average Bonchev–Trinajstić information content (AvgIpc) is 2.84. The lowest BCUT2D eigenvalue weighted by molar-refractivity contribution is 0.189. The highest BCUT2D eigenvalue weighted by molar-refractivity contribution is 5.89. The topological polar surface area (TPSA) is 59.6 Å². The van der Waals surface area contributed by atoms with E-state index in [1.807, 2.05) is 0 Å². The second-order valence-corrected chi connectivity index (χ2v) is 4.01. The number of amides is 2. The first-order valence-electron chi connectivity index (χ1n) is 5.68. The van der Waals surface area contributed by atoms with Crippen LogP contribution in [0.5, 0.6) is 5.75 Å². The highest BCUT2D eigenvalue weighted by Gasteiger charge is 2.17. The van der Waals surface area contributed by atoms with Gasteiger partial charge in [0.15, 0.2) is 11.6 Å². The first-order valence-corrected chi connectivity index (χ1v) is 5.68. The largest absolute Gasteiger partial charge is 0.494 e. The molecule has 1 aromatic carbocycles. The van der Waals surface area contributed by atoms with Crippen LogP contribution >= 0.6 is 0 Å². The maximum absolute atomic E-state index is 13.2. The van der Waals surface area contributed by atoms with Crippen LogP contribution in [0.4, 0.5) is 14.9 Å². The van der Waals surface area contributed by atoms with Gasteiger partial charge >= 0.3 is 6.03 Å². The van der Waals surface area contributed by atoms with Gasteiger partial charge in [-0.05, 0) is 18.6 Å². The molecule has 0 spiro atoms. The van der Waals surface area contributed by atoms with Crippen LogP contribution in [0.25, 0.3) is 0 Å². The Morgan fingerprint density at radius 3 is 3.06 bits per heavy atom. The summed E-state index contributed by atoms with van der Waals surface area (Å²) in [5.41, 5.74) is 0.477. The Morgan fingerprint density at radius 2 is 2.39 bits per heavy atom. The fourth-order valence-corrected chi connectivity index (χ4v) is 1.74. The molecular weight excluding hydrogens is 239 g/mol. The van der Waals surface area contributed by atoms with Crippen LogP contribution in [0.2, 0.25) is 0 Å². The number of ether oxygens (including phenoxy) is 2. The third-order valence-corrected chi connectivity index (χ3v) is 2.67. The number of hydrogen-bond donors (Lipinski definition) is 2. The summed E-state index contributed by atoms with van der Waals surface area (Å²) in [5, 5.41) is 5.39. The summed E-state index contributed by atoms with van der Waals surface area (Å²) in [7, 11) is 1.37. The van der Waals surface area contributed by atoms with Crippen LogP contribution in [-0.2, 0) is 4.74 Å². The van der Waals surface area contributed by atoms with Gasteiger partial charge in [-0.15, -0.1) is 0 Å². The Bertz CT molecular complexity index is 433. The molecule has 1 aromatic rings. The monoisotopic (exact) mass is 254 g/mol.